The summed E-state index contributed by atoms with van der Waals surface area (Å²) in [6, 6.07) is 11.9. The van der Waals surface area contributed by atoms with Crippen molar-refractivity contribution in [1.29, 1.82) is 0 Å². The fraction of sp³-hybridized carbons (Fsp3) is 0.455. The van der Waals surface area contributed by atoms with Crippen molar-refractivity contribution in [2.24, 2.45) is 0 Å². The summed E-state index contributed by atoms with van der Waals surface area (Å²) in [4.78, 5) is 29.0. The van der Waals surface area contributed by atoms with Crippen LogP contribution in [0, 0.1) is 13.8 Å². The number of piperazine rings is 1. The van der Waals surface area contributed by atoms with Crippen molar-refractivity contribution in [1.82, 2.24) is 14.4 Å². The van der Waals surface area contributed by atoms with Crippen molar-refractivity contribution in [3.05, 3.63) is 53.3 Å². The van der Waals surface area contributed by atoms with Gasteiger partial charge in [-0.25, -0.2) is 0 Å². The maximum Gasteiger partial charge on any atom is 0.253 e. The first-order chi connectivity index (χ1) is 13.5. The van der Waals surface area contributed by atoms with Gasteiger partial charge in [0.15, 0.2) is 0 Å². The van der Waals surface area contributed by atoms with Crippen molar-refractivity contribution in [2.45, 2.75) is 32.8 Å². The van der Waals surface area contributed by atoms with Gasteiger partial charge in [0.1, 0.15) is 6.10 Å². The summed E-state index contributed by atoms with van der Waals surface area (Å²) in [5.41, 5.74) is 4.08. The number of aromatic nitrogens is 1. The molecule has 0 aliphatic carbocycles. The molecule has 0 spiro atoms. The predicted molar refractivity (Wildman–Crippen MR) is 107 cm³/mol. The Morgan fingerprint density at radius 2 is 1.50 bits per heavy atom. The van der Waals surface area contributed by atoms with E-state index in [4.69, 9.17) is 4.74 Å². The molecule has 2 fully saturated rings. The molecule has 0 radical (unpaired) electrons. The van der Waals surface area contributed by atoms with E-state index >= 15 is 0 Å². The smallest absolute Gasteiger partial charge is 0.253 e. The average Bonchev–Trinajstić information content (AvgIpc) is 3.37. The van der Waals surface area contributed by atoms with E-state index in [1.54, 1.807) is 0 Å². The van der Waals surface area contributed by atoms with Gasteiger partial charge in [-0.1, -0.05) is 0 Å². The second-order valence-corrected chi connectivity index (χ2v) is 7.62. The molecule has 1 aromatic carbocycles. The molecule has 2 aliphatic rings. The predicted octanol–water partition coefficient (Wildman–Crippen LogP) is 2.56. The van der Waals surface area contributed by atoms with Crippen molar-refractivity contribution >= 4 is 11.8 Å². The minimum atomic E-state index is -0.282. The molecular weight excluding hydrogens is 354 g/mol. The van der Waals surface area contributed by atoms with E-state index in [9.17, 15) is 9.59 Å². The van der Waals surface area contributed by atoms with Crippen LogP contribution in [0.15, 0.2) is 36.4 Å². The monoisotopic (exact) mass is 381 g/mol. The molecule has 1 atom stereocenters. The number of hydrogen-bond acceptors (Lipinski definition) is 3. The van der Waals surface area contributed by atoms with Gasteiger partial charge in [-0.05, 0) is 63.1 Å². The van der Waals surface area contributed by atoms with Gasteiger partial charge >= 0.3 is 0 Å². The Morgan fingerprint density at radius 1 is 0.893 bits per heavy atom. The van der Waals surface area contributed by atoms with Gasteiger partial charge in [-0.15, -0.1) is 0 Å². The van der Waals surface area contributed by atoms with Gasteiger partial charge < -0.3 is 19.1 Å². The molecule has 0 N–H and O–H groups in total. The second kappa shape index (κ2) is 7.80. The van der Waals surface area contributed by atoms with Gasteiger partial charge in [0.2, 0.25) is 0 Å². The molecule has 6 nitrogen and oxygen atoms in total. The molecule has 28 heavy (non-hydrogen) atoms. The van der Waals surface area contributed by atoms with E-state index in [-0.39, 0.29) is 17.9 Å². The molecule has 148 valence electrons. The molecule has 0 bridgehead atoms. The average molecular weight is 381 g/mol. The van der Waals surface area contributed by atoms with Crippen LogP contribution in [0.3, 0.4) is 0 Å². The van der Waals surface area contributed by atoms with Crippen molar-refractivity contribution in [2.75, 3.05) is 32.8 Å². The Hall–Kier alpha value is -2.60. The summed E-state index contributed by atoms with van der Waals surface area (Å²) in [6.45, 7) is 7.10. The SMILES string of the molecule is Cc1ccc(C)n1-c1ccc(C(=O)N2CCN(C(=O)[C@@H]3CCCO3)CC2)cc1. The summed E-state index contributed by atoms with van der Waals surface area (Å²) < 4.78 is 7.67. The molecule has 0 saturated carbocycles. The molecule has 6 heteroatoms. The zero-order valence-corrected chi connectivity index (χ0v) is 16.6. The first kappa shape index (κ1) is 18.7. The first-order valence-electron chi connectivity index (χ1n) is 9.99. The Bertz CT molecular complexity index is 838. The maximum atomic E-state index is 12.9. The number of carbonyl (C=O) groups is 2. The molecule has 2 aromatic rings. The first-order valence-corrected chi connectivity index (χ1v) is 9.99. The lowest BCUT2D eigenvalue weighted by molar-refractivity contribution is -0.142. The summed E-state index contributed by atoms with van der Waals surface area (Å²) in [5.74, 6) is 0.100. The minimum absolute atomic E-state index is 0.0247. The zero-order valence-electron chi connectivity index (χ0n) is 16.6. The van der Waals surface area contributed by atoms with E-state index in [1.807, 2.05) is 34.1 Å². The van der Waals surface area contributed by atoms with E-state index in [0.29, 0.717) is 38.3 Å². The highest BCUT2D eigenvalue weighted by Crippen LogP contribution is 2.19. The number of ether oxygens (including phenoxy) is 1. The van der Waals surface area contributed by atoms with E-state index in [2.05, 4.69) is 30.5 Å². The van der Waals surface area contributed by atoms with Gasteiger partial charge in [0.05, 0.1) is 0 Å². The Kier molecular flexibility index (Phi) is 5.22. The van der Waals surface area contributed by atoms with Gasteiger partial charge in [-0.2, -0.15) is 0 Å². The van der Waals surface area contributed by atoms with Crippen LogP contribution >= 0.6 is 0 Å². The standard InChI is InChI=1S/C22H27N3O3/c1-16-5-6-17(2)25(16)19-9-7-18(8-10-19)21(26)23-11-13-24(14-12-23)22(27)20-4-3-15-28-20/h5-10,20H,3-4,11-15H2,1-2H3/t20-/m0/s1. The van der Waals surface area contributed by atoms with Crippen LogP contribution in [-0.2, 0) is 9.53 Å². The number of amides is 2. The lowest BCUT2D eigenvalue weighted by Crippen LogP contribution is -2.52. The zero-order chi connectivity index (χ0) is 19.7. The van der Waals surface area contributed by atoms with E-state index < -0.39 is 0 Å². The molecule has 2 saturated heterocycles. The number of hydrogen-bond donors (Lipinski definition) is 0. The molecule has 1 aromatic heterocycles. The third-order valence-electron chi connectivity index (χ3n) is 5.73. The molecule has 0 unspecified atom stereocenters. The van der Waals surface area contributed by atoms with E-state index in [0.717, 1.165) is 18.5 Å². The van der Waals surface area contributed by atoms with Gasteiger partial charge in [0, 0.05) is 55.4 Å². The summed E-state index contributed by atoms with van der Waals surface area (Å²) in [6.07, 6.45) is 1.48. The number of rotatable bonds is 3. The summed E-state index contributed by atoms with van der Waals surface area (Å²) in [7, 11) is 0. The Morgan fingerprint density at radius 3 is 2.07 bits per heavy atom. The number of benzene rings is 1. The topological polar surface area (TPSA) is 54.8 Å². The highest BCUT2D eigenvalue weighted by molar-refractivity contribution is 5.94. The van der Waals surface area contributed by atoms with Crippen LogP contribution in [0.2, 0.25) is 0 Å². The lowest BCUT2D eigenvalue weighted by atomic mass is 10.1. The fourth-order valence-corrected chi connectivity index (χ4v) is 4.12. The van der Waals surface area contributed by atoms with Crippen LogP contribution in [0.1, 0.15) is 34.6 Å². The highest BCUT2D eigenvalue weighted by atomic mass is 16.5. The second-order valence-electron chi connectivity index (χ2n) is 7.62. The van der Waals surface area contributed by atoms with Crippen LogP contribution in [-0.4, -0.2) is 65.1 Å². The highest BCUT2D eigenvalue weighted by Gasteiger charge is 2.31. The molecular formula is C22H27N3O3. The maximum absolute atomic E-state index is 12.9. The largest absolute Gasteiger partial charge is 0.368 e. The summed E-state index contributed by atoms with van der Waals surface area (Å²) >= 11 is 0. The van der Waals surface area contributed by atoms with Crippen LogP contribution in [0.25, 0.3) is 5.69 Å². The van der Waals surface area contributed by atoms with E-state index in [1.165, 1.54) is 11.4 Å². The van der Waals surface area contributed by atoms with Crippen molar-refractivity contribution in [3.8, 4) is 5.69 Å². The molecule has 4 rings (SSSR count). The van der Waals surface area contributed by atoms with Crippen molar-refractivity contribution in [3.63, 3.8) is 0 Å². The Balaban J connectivity index is 1.38. The third-order valence-corrected chi connectivity index (χ3v) is 5.73. The molecule has 2 amide bonds. The third kappa shape index (κ3) is 3.56. The lowest BCUT2D eigenvalue weighted by Gasteiger charge is -2.35. The number of carbonyl (C=O) groups excluding carboxylic acids is 2. The van der Waals surface area contributed by atoms with Crippen molar-refractivity contribution < 1.29 is 14.3 Å². The molecule has 3 heterocycles. The molecule has 2 aliphatic heterocycles. The van der Waals surface area contributed by atoms with Crippen LogP contribution < -0.4 is 0 Å². The summed E-state index contributed by atoms with van der Waals surface area (Å²) in [5, 5.41) is 0. The van der Waals surface area contributed by atoms with Crippen LogP contribution in [0.4, 0.5) is 0 Å². The van der Waals surface area contributed by atoms with Crippen LogP contribution in [0.5, 0.6) is 0 Å². The fourth-order valence-electron chi connectivity index (χ4n) is 4.12. The van der Waals surface area contributed by atoms with Gasteiger partial charge in [0.25, 0.3) is 11.8 Å². The normalized spacial score (nSPS) is 19.9. The van der Waals surface area contributed by atoms with Gasteiger partial charge in [-0.3, -0.25) is 9.59 Å². The minimum Gasteiger partial charge on any atom is -0.368 e. The Labute approximate surface area is 165 Å². The number of nitrogens with zero attached hydrogens (tertiary/aromatic N) is 3. The number of aryl methyl sites for hydroxylation is 2. The quantitative estimate of drug-likeness (QED) is 0.821.